The second kappa shape index (κ2) is 8.27. The van der Waals surface area contributed by atoms with Crippen molar-refractivity contribution in [2.75, 3.05) is 32.0 Å². The highest BCUT2D eigenvalue weighted by Crippen LogP contribution is 2.23. The Labute approximate surface area is 152 Å². The molecule has 6 heteroatoms. The maximum absolute atomic E-state index is 13.0. The Kier molecular flexibility index (Phi) is 5.83. The van der Waals surface area contributed by atoms with Gasteiger partial charge < -0.3 is 15.5 Å². The summed E-state index contributed by atoms with van der Waals surface area (Å²) in [6.07, 6.45) is 2.16. The third-order valence-corrected chi connectivity index (χ3v) is 5.32. The van der Waals surface area contributed by atoms with Crippen molar-refractivity contribution >= 4 is 28.8 Å². The maximum Gasteiger partial charge on any atom is 0.265 e. The topological polar surface area (TPSA) is 61.4 Å². The minimum absolute atomic E-state index is 0.0112. The Hall–Kier alpha value is -2.18. The summed E-state index contributed by atoms with van der Waals surface area (Å²) < 4.78 is 0. The SMILES string of the molecule is CNCC1CCCN(C(=O)c2ccccc2NC(=O)c2cccs2)C1. The van der Waals surface area contributed by atoms with E-state index in [4.69, 9.17) is 0 Å². The summed E-state index contributed by atoms with van der Waals surface area (Å²) in [5, 5.41) is 7.94. The first-order chi connectivity index (χ1) is 12.2. The van der Waals surface area contributed by atoms with Crippen molar-refractivity contribution in [2.45, 2.75) is 12.8 Å². The zero-order valence-corrected chi connectivity index (χ0v) is 15.1. The molecule has 2 heterocycles. The number of rotatable bonds is 5. The monoisotopic (exact) mass is 357 g/mol. The van der Waals surface area contributed by atoms with Crippen LogP contribution in [0.25, 0.3) is 0 Å². The number of hydrogen-bond donors (Lipinski definition) is 2. The van der Waals surface area contributed by atoms with Gasteiger partial charge in [-0.2, -0.15) is 0 Å². The molecule has 1 saturated heterocycles. The van der Waals surface area contributed by atoms with Gasteiger partial charge in [-0.05, 0) is 55.9 Å². The second-order valence-corrected chi connectivity index (χ2v) is 7.24. The van der Waals surface area contributed by atoms with E-state index in [-0.39, 0.29) is 11.8 Å². The number of nitrogens with one attached hydrogen (secondary N) is 2. The first-order valence-corrected chi connectivity index (χ1v) is 9.44. The molecular weight excluding hydrogens is 334 g/mol. The molecule has 3 rings (SSSR count). The molecule has 1 fully saturated rings. The summed E-state index contributed by atoms with van der Waals surface area (Å²) in [6.45, 7) is 2.44. The number of piperidine rings is 1. The van der Waals surface area contributed by atoms with Crippen molar-refractivity contribution in [3.05, 3.63) is 52.2 Å². The van der Waals surface area contributed by atoms with Crippen LogP contribution in [0.15, 0.2) is 41.8 Å². The smallest absolute Gasteiger partial charge is 0.265 e. The number of amides is 2. The number of anilines is 1. The zero-order valence-electron chi connectivity index (χ0n) is 14.3. The molecule has 2 aromatic rings. The molecule has 25 heavy (non-hydrogen) atoms. The highest BCUT2D eigenvalue weighted by atomic mass is 32.1. The number of carbonyl (C=O) groups is 2. The Balaban J connectivity index is 1.75. The highest BCUT2D eigenvalue weighted by Gasteiger charge is 2.25. The normalized spacial score (nSPS) is 17.3. The van der Waals surface area contributed by atoms with Crippen molar-refractivity contribution in [3.63, 3.8) is 0 Å². The maximum atomic E-state index is 13.0. The van der Waals surface area contributed by atoms with Gasteiger partial charge in [0.2, 0.25) is 0 Å². The van der Waals surface area contributed by atoms with Crippen molar-refractivity contribution in [1.29, 1.82) is 0 Å². The fourth-order valence-electron chi connectivity index (χ4n) is 3.25. The molecule has 1 aliphatic heterocycles. The number of likely N-dealkylation sites (tertiary alicyclic amines) is 1. The highest BCUT2D eigenvalue weighted by molar-refractivity contribution is 7.12. The van der Waals surface area contributed by atoms with E-state index in [1.54, 1.807) is 18.2 Å². The van der Waals surface area contributed by atoms with E-state index in [0.717, 1.165) is 32.5 Å². The summed E-state index contributed by atoms with van der Waals surface area (Å²) in [7, 11) is 1.94. The van der Waals surface area contributed by atoms with E-state index < -0.39 is 0 Å². The molecular formula is C19H23N3O2S. The minimum atomic E-state index is -0.179. The van der Waals surface area contributed by atoms with Gasteiger partial charge in [0, 0.05) is 13.1 Å². The van der Waals surface area contributed by atoms with Crippen LogP contribution in [-0.4, -0.2) is 43.4 Å². The van der Waals surface area contributed by atoms with Crippen LogP contribution < -0.4 is 10.6 Å². The second-order valence-electron chi connectivity index (χ2n) is 6.29. The van der Waals surface area contributed by atoms with Gasteiger partial charge in [-0.15, -0.1) is 11.3 Å². The van der Waals surface area contributed by atoms with Gasteiger partial charge in [0.15, 0.2) is 0 Å². The zero-order chi connectivity index (χ0) is 17.6. The Morgan fingerprint density at radius 3 is 2.84 bits per heavy atom. The fraction of sp³-hybridized carbons (Fsp3) is 0.368. The molecule has 0 spiro atoms. The summed E-state index contributed by atoms with van der Waals surface area (Å²) in [5.74, 6) is 0.292. The number of carbonyl (C=O) groups excluding carboxylic acids is 2. The first kappa shape index (κ1) is 17.6. The lowest BCUT2D eigenvalue weighted by Crippen LogP contribution is -2.42. The summed E-state index contributed by atoms with van der Waals surface area (Å²) >= 11 is 1.38. The van der Waals surface area contributed by atoms with Crippen LogP contribution in [0.5, 0.6) is 0 Å². The van der Waals surface area contributed by atoms with Crippen LogP contribution >= 0.6 is 11.3 Å². The summed E-state index contributed by atoms with van der Waals surface area (Å²) in [6, 6.07) is 10.9. The Bertz CT molecular complexity index is 728. The summed E-state index contributed by atoms with van der Waals surface area (Å²) in [5.41, 5.74) is 1.12. The van der Waals surface area contributed by atoms with Crippen molar-refractivity contribution in [3.8, 4) is 0 Å². The number of thiophene rings is 1. The lowest BCUT2D eigenvalue weighted by atomic mass is 9.97. The average molecular weight is 357 g/mol. The van der Waals surface area contributed by atoms with Crippen molar-refractivity contribution < 1.29 is 9.59 Å². The van der Waals surface area contributed by atoms with E-state index in [0.29, 0.717) is 22.0 Å². The van der Waals surface area contributed by atoms with Gasteiger partial charge in [-0.25, -0.2) is 0 Å². The van der Waals surface area contributed by atoms with E-state index >= 15 is 0 Å². The van der Waals surface area contributed by atoms with Crippen LogP contribution in [0.1, 0.15) is 32.9 Å². The predicted molar refractivity (Wildman–Crippen MR) is 101 cm³/mol. The van der Waals surface area contributed by atoms with Crippen LogP contribution in [0, 0.1) is 5.92 Å². The molecule has 0 radical (unpaired) electrons. The average Bonchev–Trinajstić information content (AvgIpc) is 3.17. The van der Waals surface area contributed by atoms with E-state index in [1.807, 2.05) is 35.5 Å². The van der Waals surface area contributed by atoms with Crippen LogP contribution in [0.2, 0.25) is 0 Å². The standard InChI is InChI=1S/C19H23N3O2S/c1-20-12-14-6-4-10-22(13-14)19(24)15-7-2-3-8-16(15)21-18(23)17-9-5-11-25-17/h2-3,5,7-9,11,14,20H,4,6,10,12-13H2,1H3,(H,21,23). The van der Waals surface area contributed by atoms with Gasteiger partial charge >= 0.3 is 0 Å². The lowest BCUT2D eigenvalue weighted by molar-refractivity contribution is 0.0675. The van der Waals surface area contributed by atoms with Gasteiger partial charge in [0.05, 0.1) is 16.1 Å². The van der Waals surface area contributed by atoms with Crippen molar-refractivity contribution in [2.24, 2.45) is 5.92 Å². The number of para-hydroxylation sites is 1. The molecule has 1 aromatic heterocycles. The molecule has 1 aliphatic rings. The minimum Gasteiger partial charge on any atom is -0.338 e. The Morgan fingerprint density at radius 1 is 1.24 bits per heavy atom. The predicted octanol–water partition coefficient (Wildman–Crippen LogP) is 3.07. The van der Waals surface area contributed by atoms with Gasteiger partial charge in [-0.1, -0.05) is 18.2 Å². The van der Waals surface area contributed by atoms with Gasteiger partial charge in [-0.3, -0.25) is 9.59 Å². The molecule has 1 unspecified atom stereocenters. The fourth-order valence-corrected chi connectivity index (χ4v) is 3.86. The molecule has 2 N–H and O–H groups in total. The first-order valence-electron chi connectivity index (χ1n) is 8.57. The molecule has 1 aromatic carbocycles. The number of benzene rings is 1. The van der Waals surface area contributed by atoms with Gasteiger partial charge in [0.1, 0.15) is 0 Å². The largest absolute Gasteiger partial charge is 0.338 e. The third kappa shape index (κ3) is 4.27. The quantitative estimate of drug-likeness (QED) is 0.864. The van der Waals surface area contributed by atoms with Crippen LogP contribution in [0.3, 0.4) is 0 Å². The molecule has 0 bridgehead atoms. The molecule has 0 aliphatic carbocycles. The lowest BCUT2D eigenvalue weighted by Gasteiger charge is -2.33. The molecule has 132 valence electrons. The van der Waals surface area contributed by atoms with E-state index in [9.17, 15) is 9.59 Å². The Morgan fingerprint density at radius 2 is 2.08 bits per heavy atom. The molecule has 5 nitrogen and oxygen atoms in total. The summed E-state index contributed by atoms with van der Waals surface area (Å²) in [4.78, 5) is 27.9. The van der Waals surface area contributed by atoms with Crippen LogP contribution in [0.4, 0.5) is 5.69 Å². The number of hydrogen-bond acceptors (Lipinski definition) is 4. The van der Waals surface area contributed by atoms with E-state index in [1.165, 1.54) is 11.3 Å². The molecule has 2 amide bonds. The van der Waals surface area contributed by atoms with Crippen LogP contribution in [-0.2, 0) is 0 Å². The van der Waals surface area contributed by atoms with Crippen molar-refractivity contribution in [1.82, 2.24) is 10.2 Å². The third-order valence-electron chi connectivity index (χ3n) is 4.45. The molecule has 1 atom stereocenters. The number of nitrogens with zero attached hydrogens (tertiary/aromatic N) is 1. The van der Waals surface area contributed by atoms with Gasteiger partial charge in [0.25, 0.3) is 11.8 Å². The van der Waals surface area contributed by atoms with E-state index in [2.05, 4.69) is 10.6 Å². The molecule has 0 saturated carbocycles.